The molecule has 3 N–H and O–H groups in total. The Kier molecular flexibility index (Phi) is 4.41. The zero-order chi connectivity index (χ0) is 14.5. The fraction of sp³-hybridized carbons (Fsp3) is 0.235. The van der Waals surface area contributed by atoms with Crippen molar-refractivity contribution in [1.82, 2.24) is 0 Å². The number of carbonyl (C=O) groups is 1. The van der Waals surface area contributed by atoms with E-state index in [0.717, 1.165) is 17.8 Å². The number of amides is 1. The van der Waals surface area contributed by atoms with Gasteiger partial charge in [0.15, 0.2) is 0 Å². The molecule has 0 heterocycles. The third-order valence-corrected chi connectivity index (χ3v) is 3.48. The van der Waals surface area contributed by atoms with Crippen LogP contribution >= 0.6 is 0 Å². The summed E-state index contributed by atoms with van der Waals surface area (Å²) in [5, 5.41) is 3.43. The third-order valence-electron chi connectivity index (χ3n) is 3.48. The van der Waals surface area contributed by atoms with Crippen LogP contribution in [0.15, 0.2) is 48.5 Å². The molecular weight excluding hydrogens is 248 g/mol. The normalized spacial score (nSPS) is 11.9. The maximum Gasteiger partial charge on any atom is 0.248 e. The first-order valence-electron chi connectivity index (χ1n) is 6.77. The van der Waals surface area contributed by atoms with E-state index in [0.29, 0.717) is 11.5 Å². The molecular formula is C17H20N2O. The lowest BCUT2D eigenvalue weighted by molar-refractivity contribution is 0.1000. The average Bonchev–Trinajstić information content (AvgIpc) is 2.46. The zero-order valence-electron chi connectivity index (χ0n) is 11.9. The van der Waals surface area contributed by atoms with Gasteiger partial charge in [-0.2, -0.15) is 0 Å². The van der Waals surface area contributed by atoms with Gasteiger partial charge in [0.05, 0.1) is 0 Å². The standard InChI is InChI=1S/C17H20N2O/c1-12-10-15(17(18)20)8-9-16(12)19-11-13(2)14-6-4-3-5-7-14/h3-10,13,19H,11H2,1-2H3,(H2,18,20). The van der Waals surface area contributed by atoms with E-state index >= 15 is 0 Å². The van der Waals surface area contributed by atoms with Gasteiger partial charge in [-0.15, -0.1) is 0 Å². The molecule has 0 spiro atoms. The molecule has 0 saturated carbocycles. The second-order valence-corrected chi connectivity index (χ2v) is 5.09. The number of benzene rings is 2. The summed E-state index contributed by atoms with van der Waals surface area (Å²) in [4.78, 5) is 11.1. The van der Waals surface area contributed by atoms with Crippen molar-refractivity contribution in [3.05, 3.63) is 65.2 Å². The van der Waals surface area contributed by atoms with E-state index in [9.17, 15) is 4.79 Å². The van der Waals surface area contributed by atoms with E-state index in [2.05, 4.69) is 36.5 Å². The van der Waals surface area contributed by atoms with Crippen LogP contribution in [0.3, 0.4) is 0 Å². The van der Waals surface area contributed by atoms with Crippen molar-refractivity contribution >= 4 is 11.6 Å². The summed E-state index contributed by atoms with van der Waals surface area (Å²) in [5.41, 5.74) is 9.20. The molecule has 0 aliphatic heterocycles. The van der Waals surface area contributed by atoms with Crippen molar-refractivity contribution in [2.75, 3.05) is 11.9 Å². The molecule has 1 atom stereocenters. The highest BCUT2D eigenvalue weighted by molar-refractivity contribution is 5.93. The van der Waals surface area contributed by atoms with Crippen molar-refractivity contribution in [3.8, 4) is 0 Å². The summed E-state index contributed by atoms with van der Waals surface area (Å²) in [5.74, 6) is 0.0312. The molecule has 0 bridgehead atoms. The van der Waals surface area contributed by atoms with E-state index in [1.807, 2.05) is 25.1 Å². The lowest BCUT2D eigenvalue weighted by Crippen LogP contribution is -2.13. The molecule has 0 aromatic heterocycles. The Morgan fingerprint density at radius 1 is 1.20 bits per heavy atom. The predicted molar refractivity (Wildman–Crippen MR) is 83.0 cm³/mol. The SMILES string of the molecule is Cc1cc(C(N)=O)ccc1NCC(C)c1ccccc1. The van der Waals surface area contributed by atoms with E-state index in [-0.39, 0.29) is 0 Å². The highest BCUT2D eigenvalue weighted by atomic mass is 16.1. The minimum Gasteiger partial charge on any atom is -0.384 e. The van der Waals surface area contributed by atoms with Crippen LogP contribution in [-0.4, -0.2) is 12.5 Å². The largest absolute Gasteiger partial charge is 0.384 e. The number of nitrogens with one attached hydrogen (secondary N) is 1. The summed E-state index contributed by atoms with van der Waals surface area (Å²) < 4.78 is 0. The molecule has 20 heavy (non-hydrogen) atoms. The zero-order valence-corrected chi connectivity index (χ0v) is 11.9. The van der Waals surface area contributed by atoms with Crippen LogP contribution in [0.2, 0.25) is 0 Å². The molecule has 3 nitrogen and oxygen atoms in total. The van der Waals surface area contributed by atoms with Gasteiger partial charge in [0, 0.05) is 17.8 Å². The van der Waals surface area contributed by atoms with Gasteiger partial charge >= 0.3 is 0 Å². The minimum absolute atomic E-state index is 0.391. The Morgan fingerprint density at radius 3 is 2.50 bits per heavy atom. The number of rotatable bonds is 5. The van der Waals surface area contributed by atoms with Gasteiger partial charge < -0.3 is 11.1 Å². The maximum absolute atomic E-state index is 11.1. The molecule has 0 radical (unpaired) electrons. The fourth-order valence-electron chi connectivity index (χ4n) is 2.18. The summed E-state index contributed by atoms with van der Waals surface area (Å²) in [7, 11) is 0. The number of hydrogen-bond donors (Lipinski definition) is 2. The van der Waals surface area contributed by atoms with Gasteiger partial charge in [-0.1, -0.05) is 37.3 Å². The minimum atomic E-state index is -0.391. The molecule has 2 aromatic rings. The number of hydrogen-bond acceptors (Lipinski definition) is 2. The summed E-state index contributed by atoms with van der Waals surface area (Å²) >= 11 is 0. The van der Waals surface area contributed by atoms with Crippen LogP contribution in [0, 0.1) is 6.92 Å². The first-order valence-corrected chi connectivity index (χ1v) is 6.77. The lowest BCUT2D eigenvalue weighted by atomic mass is 10.0. The lowest BCUT2D eigenvalue weighted by Gasteiger charge is -2.15. The van der Waals surface area contributed by atoms with Crippen molar-refractivity contribution in [2.24, 2.45) is 5.73 Å². The molecule has 0 aliphatic carbocycles. The Labute approximate surface area is 119 Å². The average molecular weight is 268 g/mol. The molecule has 0 fully saturated rings. The van der Waals surface area contributed by atoms with Gasteiger partial charge in [-0.25, -0.2) is 0 Å². The molecule has 3 heteroatoms. The van der Waals surface area contributed by atoms with Crippen LogP contribution in [-0.2, 0) is 0 Å². The van der Waals surface area contributed by atoms with E-state index < -0.39 is 5.91 Å². The number of anilines is 1. The Hall–Kier alpha value is -2.29. The monoisotopic (exact) mass is 268 g/mol. The number of aryl methyl sites for hydroxylation is 1. The molecule has 2 aromatic carbocycles. The molecule has 1 unspecified atom stereocenters. The van der Waals surface area contributed by atoms with E-state index in [4.69, 9.17) is 5.73 Å². The van der Waals surface area contributed by atoms with Crippen molar-refractivity contribution in [2.45, 2.75) is 19.8 Å². The van der Waals surface area contributed by atoms with Gasteiger partial charge in [-0.3, -0.25) is 4.79 Å². The third kappa shape index (κ3) is 3.38. The van der Waals surface area contributed by atoms with Crippen LogP contribution in [0.5, 0.6) is 0 Å². The number of primary amides is 1. The fourth-order valence-corrected chi connectivity index (χ4v) is 2.18. The van der Waals surface area contributed by atoms with Gasteiger partial charge in [0.25, 0.3) is 0 Å². The Morgan fingerprint density at radius 2 is 1.90 bits per heavy atom. The van der Waals surface area contributed by atoms with Gasteiger partial charge in [0.2, 0.25) is 5.91 Å². The summed E-state index contributed by atoms with van der Waals surface area (Å²) in [6, 6.07) is 15.9. The number of carbonyl (C=O) groups excluding carboxylic acids is 1. The first kappa shape index (κ1) is 14.1. The van der Waals surface area contributed by atoms with Gasteiger partial charge in [0.1, 0.15) is 0 Å². The quantitative estimate of drug-likeness (QED) is 0.874. The topological polar surface area (TPSA) is 55.1 Å². The molecule has 104 valence electrons. The first-order chi connectivity index (χ1) is 9.58. The summed E-state index contributed by atoms with van der Waals surface area (Å²) in [6.07, 6.45) is 0. The second-order valence-electron chi connectivity index (χ2n) is 5.09. The van der Waals surface area contributed by atoms with E-state index in [1.165, 1.54) is 5.56 Å². The van der Waals surface area contributed by atoms with Crippen LogP contribution in [0.1, 0.15) is 34.3 Å². The predicted octanol–water partition coefficient (Wildman–Crippen LogP) is 3.31. The Balaban J connectivity index is 2.02. The molecule has 2 rings (SSSR count). The van der Waals surface area contributed by atoms with Crippen LogP contribution < -0.4 is 11.1 Å². The molecule has 0 saturated heterocycles. The smallest absolute Gasteiger partial charge is 0.248 e. The maximum atomic E-state index is 11.1. The highest BCUT2D eigenvalue weighted by Crippen LogP contribution is 2.19. The van der Waals surface area contributed by atoms with Crippen molar-refractivity contribution in [3.63, 3.8) is 0 Å². The van der Waals surface area contributed by atoms with Crippen LogP contribution in [0.25, 0.3) is 0 Å². The number of nitrogens with two attached hydrogens (primary N) is 1. The van der Waals surface area contributed by atoms with Crippen LogP contribution in [0.4, 0.5) is 5.69 Å². The molecule has 0 aliphatic rings. The Bertz CT molecular complexity index is 593. The second kappa shape index (κ2) is 6.24. The van der Waals surface area contributed by atoms with Crippen molar-refractivity contribution in [1.29, 1.82) is 0 Å². The van der Waals surface area contributed by atoms with Crippen molar-refractivity contribution < 1.29 is 4.79 Å². The summed E-state index contributed by atoms with van der Waals surface area (Å²) in [6.45, 7) is 5.01. The van der Waals surface area contributed by atoms with Gasteiger partial charge in [-0.05, 0) is 42.2 Å². The highest BCUT2D eigenvalue weighted by Gasteiger charge is 2.07. The van der Waals surface area contributed by atoms with E-state index in [1.54, 1.807) is 6.07 Å². The molecule has 1 amide bonds.